The number of carbonyl (C=O) groups excluding carboxylic acids is 1. The Morgan fingerprint density at radius 3 is 2.80 bits per heavy atom. The highest BCUT2D eigenvalue weighted by Gasteiger charge is 2.19. The zero-order chi connectivity index (χ0) is 14.7. The van der Waals surface area contributed by atoms with E-state index in [1.807, 2.05) is 13.8 Å². The van der Waals surface area contributed by atoms with Gasteiger partial charge in [0.05, 0.1) is 5.56 Å². The molecule has 1 aliphatic rings. The third-order valence-corrected chi connectivity index (χ3v) is 3.30. The van der Waals surface area contributed by atoms with Gasteiger partial charge < -0.3 is 15.7 Å². The van der Waals surface area contributed by atoms with Gasteiger partial charge in [-0.05, 0) is 24.5 Å². The first kappa shape index (κ1) is 14.3. The molecule has 0 bridgehead atoms. The van der Waals surface area contributed by atoms with E-state index in [9.17, 15) is 9.59 Å². The molecule has 1 atom stereocenters. The maximum absolute atomic E-state index is 11.2. The standard InChI is InChI=1S/C14H19N3O3/c1-8(2)11-5-9(14(19)20)6-12(17-11)16-10-3-4-13(18)15-7-10/h5-6,8,10H,3-4,7H2,1-2H3,(H,15,18)(H,16,17)(H,19,20). The normalized spacial score (nSPS) is 18.8. The van der Waals surface area contributed by atoms with Crippen LogP contribution < -0.4 is 10.6 Å². The molecule has 6 heteroatoms. The van der Waals surface area contributed by atoms with Gasteiger partial charge in [-0.1, -0.05) is 13.8 Å². The lowest BCUT2D eigenvalue weighted by atomic mass is 10.1. The van der Waals surface area contributed by atoms with Crippen molar-refractivity contribution >= 4 is 17.7 Å². The number of nitrogens with zero attached hydrogens (tertiary/aromatic N) is 1. The van der Waals surface area contributed by atoms with E-state index >= 15 is 0 Å². The number of anilines is 1. The van der Waals surface area contributed by atoms with E-state index < -0.39 is 5.97 Å². The van der Waals surface area contributed by atoms with Crippen molar-refractivity contribution in [1.82, 2.24) is 10.3 Å². The molecule has 20 heavy (non-hydrogen) atoms. The largest absolute Gasteiger partial charge is 0.478 e. The number of rotatable bonds is 4. The second-order valence-electron chi connectivity index (χ2n) is 5.31. The van der Waals surface area contributed by atoms with Crippen LogP contribution in [0.3, 0.4) is 0 Å². The Bertz CT molecular complexity index is 518. The Kier molecular flexibility index (Phi) is 4.22. The molecule has 0 saturated carbocycles. The fourth-order valence-electron chi connectivity index (χ4n) is 2.11. The van der Waals surface area contributed by atoms with Gasteiger partial charge in [-0.25, -0.2) is 9.78 Å². The summed E-state index contributed by atoms with van der Waals surface area (Å²) in [6, 6.07) is 3.22. The highest BCUT2D eigenvalue weighted by atomic mass is 16.4. The predicted octanol–water partition coefficient (Wildman–Crippen LogP) is 1.59. The van der Waals surface area contributed by atoms with E-state index in [-0.39, 0.29) is 23.4 Å². The molecule has 1 saturated heterocycles. The third kappa shape index (κ3) is 3.46. The summed E-state index contributed by atoms with van der Waals surface area (Å²) < 4.78 is 0. The first-order valence-corrected chi connectivity index (χ1v) is 6.74. The van der Waals surface area contributed by atoms with Crippen molar-refractivity contribution < 1.29 is 14.7 Å². The molecule has 3 N–H and O–H groups in total. The first-order valence-electron chi connectivity index (χ1n) is 6.74. The van der Waals surface area contributed by atoms with Gasteiger partial charge in [0.25, 0.3) is 0 Å². The minimum atomic E-state index is -0.964. The summed E-state index contributed by atoms with van der Waals surface area (Å²) >= 11 is 0. The van der Waals surface area contributed by atoms with Crippen LogP contribution in [0.15, 0.2) is 12.1 Å². The fourth-order valence-corrected chi connectivity index (χ4v) is 2.11. The number of amides is 1. The molecule has 0 aromatic carbocycles. The van der Waals surface area contributed by atoms with Gasteiger partial charge in [0.2, 0.25) is 5.91 Å². The summed E-state index contributed by atoms with van der Waals surface area (Å²) in [6.45, 7) is 4.48. The Balaban J connectivity index is 2.17. The van der Waals surface area contributed by atoms with E-state index in [1.54, 1.807) is 6.07 Å². The lowest BCUT2D eigenvalue weighted by Gasteiger charge is -2.24. The zero-order valence-electron chi connectivity index (χ0n) is 11.6. The van der Waals surface area contributed by atoms with Crippen LogP contribution in [0.4, 0.5) is 5.82 Å². The molecule has 1 amide bonds. The molecular formula is C14H19N3O3. The van der Waals surface area contributed by atoms with Crippen molar-refractivity contribution in [2.45, 2.75) is 38.6 Å². The molecule has 2 rings (SSSR count). The van der Waals surface area contributed by atoms with E-state index in [4.69, 9.17) is 5.11 Å². The first-order chi connectivity index (χ1) is 9.45. The molecule has 1 aromatic heterocycles. The number of carboxylic acid groups (broad SMARTS) is 1. The minimum Gasteiger partial charge on any atom is -0.478 e. The summed E-state index contributed by atoms with van der Waals surface area (Å²) in [6.07, 6.45) is 1.20. The van der Waals surface area contributed by atoms with Crippen molar-refractivity contribution in [3.8, 4) is 0 Å². The fraction of sp³-hybridized carbons (Fsp3) is 0.500. The van der Waals surface area contributed by atoms with E-state index in [2.05, 4.69) is 15.6 Å². The van der Waals surface area contributed by atoms with Crippen LogP contribution in [0.5, 0.6) is 0 Å². The zero-order valence-corrected chi connectivity index (χ0v) is 11.6. The molecular weight excluding hydrogens is 258 g/mol. The second-order valence-corrected chi connectivity index (χ2v) is 5.31. The summed E-state index contributed by atoms with van der Waals surface area (Å²) in [7, 11) is 0. The van der Waals surface area contributed by atoms with Crippen LogP contribution in [0.25, 0.3) is 0 Å². The molecule has 0 aliphatic carbocycles. The maximum atomic E-state index is 11.2. The molecule has 1 fully saturated rings. The lowest BCUT2D eigenvalue weighted by molar-refractivity contribution is -0.122. The van der Waals surface area contributed by atoms with Gasteiger partial charge in [-0.3, -0.25) is 4.79 Å². The SMILES string of the molecule is CC(C)c1cc(C(=O)O)cc(NC2CCC(=O)NC2)n1. The van der Waals surface area contributed by atoms with Gasteiger partial charge in [-0.2, -0.15) is 0 Å². The van der Waals surface area contributed by atoms with Gasteiger partial charge in [-0.15, -0.1) is 0 Å². The number of nitrogens with one attached hydrogen (secondary N) is 2. The van der Waals surface area contributed by atoms with Crippen LogP contribution >= 0.6 is 0 Å². The van der Waals surface area contributed by atoms with Gasteiger partial charge in [0.15, 0.2) is 0 Å². The summed E-state index contributed by atoms with van der Waals surface area (Å²) in [5.74, 6) is -0.205. The van der Waals surface area contributed by atoms with Crippen LogP contribution in [0.2, 0.25) is 0 Å². The average molecular weight is 277 g/mol. The molecule has 0 spiro atoms. The Morgan fingerprint density at radius 2 is 2.25 bits per heavy atom. The molecule has 1 unspecified atom stereocenters. The quantitative estimate of drug-likeness (QED) is 0.777. The Hall–Kier alpha value is -2.11. The van der Waals surface area contributed by atoms with E-state index in [0.29, 0.717) is 18.8 Å². The van der Waals surface area contributed by atoms with Crippen LogP contribution in [-0.2, 0) is 4.79 Å². The number of piperidine rings is 1. The summed E-state index contributed by atoms with van der Waals surface area (Å²) in [5, 5.41) is 15.1. The van der Waals surface area contributed by atoms with E-state index in [1.165, 1.54) is 6.07 Å². The van der Waals surface area contributed by atoms with Crippen LogP contribution in [0.1, 0.15) is 48.7 Å². The minimum absolute atomic E-state index is 0.0539. The number of carbonyl (C=O) groups is 2. The van der Waals surface area contributed by atoms with Crippen molar-refractivity contribution in [1.29, 1.82) is 0 Å². The maximum Gasteiger partial charge on any atom is 0.335 e. The number of hydrogen-bond acceptors (Lipinski definition) is 4. The van der Waals surface area contributed by atoms with Crippen molar-refractivity contribution in [2.24, 2.45) is 0 Å². The highest BCUT2D eigenvalue weighted by Crippen LogP contribution is 2.19. The monoisotopic (exact) mass is 277 g/mol. The number of hydrogen-bond donors (Lipinski definition) is 3. The second kappa shape index (κ2) is 5.90. The topological polar surface area (TPSA) is 91.3 Å². The third-order valence-electron chi connectivity index (χ3n) is 3.30. The Labute approximate surface area is 117 Å². The molecule has 0 radical (unpaired) electrons. The number of aromatic nitrogens is 1. The van der Waals surface area contributed by atoms with Crippen molar-refractivity contribution in [3.05, 3.63) is 23.4 Å². The van der Waals surface area contributed by atoms with Crippen molar-refractivity contribution in [3.63, 3.8) is 0 Å². The average Bonchev–Trinajstić information content (AvgIpc) is 2.41. The molecule has 1 aromatic rings. The molecule has 1 aliphatic heterocycles. The molecule has 108 valence electrons. The van der Waals surface area contributed by atoms with Gasteiger partial charge in [0.1, 0.15) is 5.82 Å². The van der Waals surface area contributed by atoms with Gasteiger partial charge >= 0.3 is 5.97 Å². The number of aromatic carboxylic acids is 1. The highest BCUT2D eigenvalue weighted by molar-refractivity contribution is 5.88. The smallest absolute Gasteiger partial charge is 0.335 e. The van der Waals surface area contributed by atoms with Gasteiger partial charge in [0, 0.05) is 24.7 Å². The number of carboxylic acids is 1. The Morgan fingerprint density at radius 1 is 1.50 bits per heavy atom. The number of pyridine rings is 1. The predicted molar refractivity (Wildman–Crippen MR) is 74.9 cm³/mol. The van der Waals surface area contributed by atoms with E-state index in [0.717, 1.165) is 12.1 Å². The lowest BCUT2D eigenvalue weighted by Crippen LogP contribution is -2.42. The molecule has 6 nitrogen and oxygen atoms in total. The van der Waals surface area contributed by atoms with Crippen LogP contribution in [0, 0.1) is 0 Å². The van der Waals surface area contributed by atoms with Crippen molar-refractivity contribution in [2.75, 3.05) is 11.9 Å². The van der Waals surface area contributed by atoms with Crippen LogP contribution in [-0.4, -0.2) is 34.6 Å². The summed E-state index contributed by atoms with van der Waals surface area (Å²) in [5.41, 5.74) is 0.971. The summed E-state index contributed by atoms with van der Waals surface area (Å²) in [4.78, 5) is 26.7. The molecule has 2 heterocycles.